The molecule has 52 heavy (non-hydrogen) atoms. The van der Waals surface area contributed by atoms with E-state index >= 15 is 0 Å². The van der Waals surface area contributed by atoms with Crippen LogP contribution in [0.25, 0.3) is 65.7 Å². The Hall–Kier alpha value is -5.81. The second-order valence-electron chi connectivity index (χ2n) is 14.1. The Morgan fingerprint density at radius 3 is 1.87 bits per heavy atom. The molecule has 1 heterocycles. The molecular weight excluding hydrogens is 638 g/mol. The van der Waals surface area contributed by atoms with Gasteiger partial charge in [-0.2, -0.15) is 4.94 Å². The van der Waals surface area contributed by atoms with Gasteiger partial charge in [0.1, 0.15) is 0 Å². The fraction of sp³-hybridized carbons (Fsp3) is 0.0833. The molecule has 0 saturated carbocycles. The predicted molar refractivity (Wildman–Crippen MR) is 215 cm³/mol. The lowest BCUT2D eigenvalue weighted by Gasteiger charge is -2.21. The van der Waals surface area contributed by atoms with Gasteiger partial charge in [0.25, 0.3) is 0 Å². The van der Waals surface area contributed by atoms with Gasteiger partial charge < -0.3 is 4.74 Å². The highest BCUT2D eigenvalue weighted by Crippen LogP contribution is 2.44. The fourth-order valence-corrected chi connectivity index (χ4v) is 9.06. The van der Waals surface area contributed by atoms with Gasteiger partial charge in [0.05, 0.1) is 0 Å². The number of allylic oxidation sites excluding steroid dienone is 4. The van der Waals surface area contributed by atoms with Crippen molar-refractivity contribution >= 4 is 50.0 Å². The lowest BCUT2D eigenvalue weighted by Crippen LogP contribution is -2.42. The Balaban J connectivity index is 1.01. The lowest BCUT2D eigenvalue weighted by atomic mass is 9.35. The summed E-state index contributed by atoms with van der Waals surface area (Å²) in [4.78, 5) is 3.98. The second kappa shape index (κ2) is 12.5. The maximum Gasteiger partial charge on any atom is 0.222 e. The van der Waals surface area contributed by atoms with E-state index in [4.69, 9.17) is 4.74 Å². The number of hydrogen-bond acceptors (Lipinski definition) is 2. The third kappa shape index (κ3) is 4.86. The maximum atomic E-state index is 13.0. The zero-order valence-electron chi connectivity index (χ0n) is 28.7. The van der Waals surface area contributed by atoms with Crippen LogP contribution in [0.4, 0.5) is 4.53 Å². The van der Waals surface area contributed by atoms with Gasteiger partial charge in [0.15, 0.2) is 0 Å². The number of halogens is 1. The van der Waals surface area contributed by atoms with Crippen LogP contribution in [-0.4, -0.2) is 13.8 Å². The lowest BCUT2D eigenvalue weighted by molar-refractivity contribution is -0.271. The standard InChI is InChI=1S/C48H34BFO2/c1-51-48(52-50)35-19-17-32(18-20-35)39-26-22-34-23-27-42-38(25-21-33-24-28-43(39)47(34)46(33)42)31-15-13-30(14-16-31)36-7-6-8-37(29-36)49-44-11-4-2-9-40(44)41-10-3-5-12-45(41)49/h2-29,40,44,48H,1H3. The van der Waals surface area contributed by atoms with Gasteiger partial charge in [-0.05, 0) is 81.6 Å². The number of benzene rings is 8. The summed E-state index contributed by atoms with van der Waals surface area (Å²) in [5.41, 5.74) is 12.0. The third-order valence-electron chi connectivity index (χ3n) is 11.5. The Morgan fingerprint density at radius 1 is 0.577 bits per heavy atom. The molecule has 2 nitrogen and oxygen atoms in total. The minimum atomic E-state index is -1.04. The van der Waals surface area contributed by atoms with E-state index in [9.17, 15) is 4.53 Å². The minimum absolute atomic E-state index is 0.345. The summed E-state index contributed by atoms with van der Waals surface area (Å²) in [5, 5.41) is 7.39. The molecule has 3 unspecified atom stereocenters. The van der Waals surface area contributed by atoms with Crippen molar-refractivity contribution in [3.05, 3.63) is 181 Å². The highest BCUT2D eigenvalue weighted by Gasteiger charge is 2.42. The van der Waals surface area contributed by atoms with Crippen LogP contribution in [0.2, 0.25) is 5.82 Å². The number of rotatable bonds is 7. The van der Waals surface area contributed by atoms with Crippen molar-refractivity contribution in [3.63, 3.8) is 0 Å². The molecular formula is C48H34BFO2. The van der Waals surface area contributed by atoms with Gasteiger partial charge in [-0.3, -0.25) is 0 Å². The second-order valence-corrected chi connectivity index (χ2v) is 14.1. The first-order valence-electron chi connectivity index (χ1n) is 18.0. The van der Waals surface area contributed by atoms with E-state index in [0.717, 1.165) is 11.1 Å². The fourth-order valence-electron chi connectivity index (χ4n) is 9.06. The zero-order chi connectivity index (χ0) is 34.8. The van der Waals surface area contributed by atoms with Crippen LogP contribution >= 0.6 is 0 Å². The average molecular weight is 673 g/mol. The molecule has 0 amide bonds. The number of ether oxygens (including phenoxy) is 1. The van der Waals surface area contributed by atoms with Crippen molar-refractivity contribution in [2.24, 2.45) is 0 Å². The van der Waals surface area contributed by atoms with Crippen molar-refractivity contribution < 1.29 is 14.2 Å². The van der Waals surface area contributed by atoms with E-state index in [1.54, 1.807) is 0 Å². The number of fused-ring (bicyclic) bond motifs is 3. The molecule has 4 heteroatoms. The summed E-state index contributed by atoms with van der Waals surface area (Å²) in [5.74, 6) is 0.878. The zero-order valence-corrected chi connectivity index (χ0v) is 28.7. The molecule has 248 valence electrons. The Kier molecular flexibility index (Phi) is 7.42. The molecule has 0 spiro atoms. The van der Waals surface area contributed by atoms with E-state index in [2.05, 4.69) is 151 Å². The maximum absolute atomic E-state index is 13.0. The molecule has 0 N–H and O–H groups in total. The highest BCUT2D eigenvalue weighted by molar-refractivity contribution is 6.88. The summed E-state index contributed by atoms with van der Waals surface area (Å²) < 4.78 is 18.1. The van der Waals surface area contributed by atoms with Gasteiger partial charge in [-0.25, -0.2) is 0 Å². The quantitative estimate of drug-likeness (QED) is 0.0953. The summed E-state index contributed by atoms with van der Waals surface area (Å²) in [7, 11) is 1.43. The van der Waals surface area contributed by atoms with Crippen LogP contribution < -0.4 is 10.9 Å². The SMILES string of the molecule is COC(OF)c1ccc(-c2ccc3ccc4c(-c5ccc(-c6cccc(B7c8ccccc8C8C=CC=CC78)c6)cc5)ccc5ccc2c3c54)cc1. The van der Waals surface area contributed by atoms with Crippen molar-refractivity contribution in [2.75, 3.05) is 7.11 Å². The Morgan fingerprint density at radius 2 is 1.19 bits per heavy atom. The molecule has 0 radical (unpaired) electrons. The van der Waals surface area contributed by atoms with Crippen molar-refractivity contribution in [2.45, 2.75) is 18.0 Å². The van der Waals surface area contributed by atoms with Gasteiger partial charge in [-0.15, -0.1) is 0 Å². The first-order chi connectivity index (χ1) is 25.7. The van der Waals surface area contributed by atoms with Gasteiger partial charge in [0.2, 0.25) is 13.0 Å². The Bertz CT molecular complexity index is 2670. The molecule has 3 atom stereocenters. The van der Waals surface area contributed by atoms with E-state index in [1.807, 2.05) is 24.3 Å². The molecule has 1 aliphatic heterocycles. The van der Waals surface area contributed by atoms with Crippen molar-refractivity contribution in [1.82, 2.24) is 0 Å². The normalized spacial score (nSPS) is 16.9. The molecule has 1 aliphatic carbocycles. The molecule has 0 aromatic heterocycles. The van der Waals surface area contributed by atoms with Crippen LogP contribution in [0.1, 0.15) is 23.3 Å². The van der Waals surface area contributed by atoms with E-state index < -0.39 is 6.29 Å². The van der Waals surface area contributed by atoms with Gasteiger partial charge in [-0.1, -0.05) is 181 Å². The van der Waals surface area contributed by atoms with Crippen LogP contribution in [0, 0.1) is 0 Å². The van der Waals surface area contributed by atoms with E-state index in [1.165, 1.54) is 78.2 Å². The van der Waals surface area contributed by atoms with Gasteiger partial charge >= 0.3 is 0 Å². The first kappa shape index (κ1) is 31.0. The predicted octanol–water partition coefficient (Wildman–Crippen LogP) is 11.3. The van der Waals surface area contributed by atoms with E-state index in [-0.39, 0.29) is 0 Å². The molecule has 0 saturated heterocycles. The third-order valence-corrected chi connectivity index (χ3v) is 11.5. The molecule has 8 aromatic carbocycles. The molecule has 0 fully saturated rings. The van der Waals surface area contributed by atoms with Crippen molar-refractivity contribution in [1.29, 1.82) is 0 Å². The topological polar surface area (TPSA) is 18.5 Å². The largest absolute Gasteiger partial charge is 0.349 e. The Labute approximate surface area is 302 Å². The summed E-state index contributed by atoms with van der Waals surface area (Å²) in [6.07, 6.45) is 8.14. The monoisotopic (exact) mass is 672 g/mol. The van der Waals surface area contributed by atoms with Crippen LogP contribution in [0.15, 0.2) is 170 Å². The summed E-state index contributed by atoms with van der Waals surface area (Å²) >= 11 is 0. The van der Waals surface area contributed by atoms with Crippen LogP contribution in [0.3, 0.4) is 0 Å². The molecule has 10 rings (SSSR count). The molecule has 8 aromatic rings. The van der Waals surface area contributed by atoms with Crippen molar-refractivity contribution in [3.8, 4) is 33.4 Å². The highest BCUT2D eigenvalue weighted by atomic mass is 19.3. The average Bonchev–Trinajstić information content (AvgIpc) is 3.55. The number of methoxy groups -OCH3 is 1. The first-order valence-corrected chi connectivity index (χ1v) is 18.0. The van der Waals surface area contributed by atoms with E-state index in [0.29, 0.717) is 24.0 Å². The summed E-state index contributed by atoms with van der Waals surface area (Å²) in [6, 6.07) is 52.8. The molecule has 0 bridgehead atoms. The minimum Gasteiger partial charge on any atom is -0.349 e. The van der Waals surface area contributed by atoms with Gasteiger partial charge in [0, 0.05) is 18.6 Å². The molecule has 2 aliphatic rings. The van der Waals surface area contributed by atoms with Crippen LogP contribution in [-0.2, 0) is 9.68 Å². The smallest absolute Gasteiger partial charge is 0.222 e. The van der Waals surface area contributed by atoms with Crippen LogP contribution in [0.5, 0.6) is 0 Å². The summed E-state index contributed by atoms with van der Waals surface area (Å²) in [6.45, 7) is 0.345. The number of hydrogen-bond donors (Lipinski definition) is 0.